The first-order valence-corrected chi connectivity index (χ1v) is 5.92. The maximum atomic E-state index is 12.5. The Kier molecular flexibility index (Phi) is 5.32. The number of hydrogen-bond donors (Lipinski definition) is 2. The Hall–Kier alpha value is -1.83. The Balaban J connectivity index is 2.82. The molecule has 0 aliphatic rings. The van der Waals surface area contributed by atoms with Crippen molar-refractivity contribution in [3.63, 3.8) is 0 Å². The van der Waals surface area contributed by atoms with Crippen LogP contribution in [0.2, 0.25) is 0 Å². The normalized spacial score (nSPS) is 13.1. The number of pyridine rings is 1. The first-order chi connectivity index (χ1) is 9.24. The maximum Gasteiger partial charge on any atom is 0.417 e. The highest BCUT2D eigenvalue weighted by Crippen LogP contribution is 2.27. The molecular formula is C12H15F3N2O3. The number of aromatic nitrogens is 1. The van der Waals surface area contributed by atoms with E-state index < -0.39 is 29.8 Å². The zero-order valence-corrected chi connectivity index (χ0v) is 10.8. The van der Waals surface area contributed by atoms with Gasteiger partial charge in [-0.15, -0.1) is 0 Å². The largest absolute Gasteiger partial charge is 0.417 e. The Morgan fingerprint density at radius 2 is 2.10 bits per heavy atom. The van der Waals surface area contributed by atoms with Gasteiger partial charge in [0.1, 0.15) is 6.54 Å². The van der Waals surface area contributed by atoms with Gasteiger partial charge in [0, 0.05) is 24.9 Å². The van der Waals surface area contributed by atoms with Crippen LogP contribution in [-0.4, -0.2) is 28.2 Å². The van der Waals surface area contributed by atoms with Gasteiger partial charge in [-0.3, -0.25) is 9.59 Å². The third kappa shape index (κ3) is 4.69. The van der Waals surface area contributed by atoms with Crippen molar-refractivity contribution < 1.29 is 23.1 Å². The number of halogens is 3. The molecule has 0 aliphatic heterocycles. The number of carbonyl (C=O) groups is 1. The van der Waals surface area contributed by atoms with Crippen LogP contribution >= 0.6 is 0 Å². The number of aliphatic hydroxyl groups is 1. The smallest absolute Gasteiger partial charge is 0.396 e. The van der Waals surface area contributed by atoms with Gasteiger partial charge in [-0.25, -0.2) is 0 Å². The fourth-order valence-corrected chi connectivity index (χ4v) is 1.56. The summed E-state index contributed by atoms with van der Waals surface area (Å²) in [6.07, 6.45) is -3.64. The molecule has 8 heteroatoms. The highest BCUT2D eigenvalue weighted by molar-refractivity contribution is 5.76. The molecule has 5 nitrogen and oxygen atoms in total. The molecule has 0 spiro atoms. The molecule has 0 aromatic carbocycles. The first kappa shape index (κ1) is 16.2. The molecular weight excluding hydrogens is 277 g/mol. The Labute approximate surface area is 113 Å². The van der Waals surface area contributed by atoms with Crippen molar-refractivity contribution in [1.82, 2.24) is 9.88 Å². The van der Waals surface area contributed by atoms with E-state index in [1.54, 1.807) is 6.92 Å². The van der Waals surface area contributed by atoms with E-state index in [1.165, 1.54) is 0 Å². The van der Waals surface area contributed by atoms with Crippen LogP contribution in [0.25, 0.3) is 0 Å². The van der Waals surface area contributed by atoms with E-state index in [1.807, 2.05) is 0 Å². The van der Waals surface area contributed by atoms with Gasteiger partial charge in [0.05, 0.1) is 5.56 Å². The van der Waals surface area contributed by atoms with Crippen molar-refractivity contribution in [1.29, 1.82) is 0 Å². The van der Waals surface area contributed by atoms with Crippen LogP contribution < -0.4 is 10.9 Å². The Bertz CT molecular complexity index is 525. The number of hydrogen-bond acceptors (Lipinski definition) is 3. The number of carbonyl (C=O) groups excluding carboxylic acids is 1. The SMILES string of the molecule is CC(CCO)NC(=O)Cn1cc(C(F)(F)F)ccc1=O. The average Bonchev–Trinajstić information content (AvgIpc) is 2.30. The van der Waals surface area contributed by atoms with Crippen LogP contribution in [-0.2, 0) is 17.5 Å². The van der Waals surface area contributed by atoms with Gasteiger partial charge in [0.15, 0.2) is 0 Å². The van der Waals surface area contributed by atoms with E-state index >= 15 is 0 Å². The number of nitrogens with one attached hydrogen (secondary N) is 1. The monoisotopic (exact) mass is 292 g/mol. The van der Waals surface area contributed by atoms with E-state index in [0.29, 0.717) is 23.3 Å². The lowest BCUT2D eigenvalue weighted by molar-refractivity contribution is -0.138. The molecule has 1 aromatic rings. The number of nitrogens with zero attached hydrogens (tertiary/aromatic N) is 1. The summed E-state index contributed by atoms with van der Waals surface area (Å²) in [5.74, 6) is -0.590. The molecule has 1 unspecified atom stereocenters. The van der Waals surface area contributed by atoms with E-state index in [4.69, 9.17) is 5.11 Å². The summed E-state index contributed by atoms with van der Waals surface area (Å²) >= 11 is 0. The molecule has 0 radical (unpaired) electrons. The highest BCUT2D eigenvalue weighted by Gasteiger charge is 2.31. The number of amides is 1. The number of rotatable bonds is 5. The van der Waals surface area contributed by atoms with Gasteiger partial charge < -0.3 is 15.0 Å². The molecule has 1 amide bonds. The Morgan fingerprint density at radius 1 is 1.45 bits per heavy atom. The van der Waals surface area contributed by atoms with Crippen LogP contribution in [0.4, 0.5) is 13.2 Å². The third-order valence-corrected chi connectivity index (χ3v) is 2.59. The molecule has 0 saturated carbocycles. The highest BCUT2D eigenvalue weighted by atomic mass is 19.4. The molecule has 112 valence electrons. The van der Waals surface area contributed by atoms with Gasteiger partial charge in [0.2, 0.25) is 5.91 Å². The molecule has 20 heavy (non-hydrogen) atoms. The summed E-state index contributed by atoms with van der Waals surface area (Å²) in [6.45, 7) is 1.02. The van der Waals surface area contributed by atoms with Crippen molar-refractivity contribution >= 4 is 5.91 Å². The summed E-state index contributed by atoms with van der Waals surface area (Å²) in [4.78, 5) is 23.0. The summed E-state index contributed by atoms with van der Waals surface area (Å²) in [6, 6.07) is 1.12. The summed E-state index contributed by atoms with van der Waals surface area (Å²) in [7, 11) is 0. The summed E-state index contributed by atoms with van der Waals surface area (Å²) in [5, 5.41) is 11.2. The fraction of sp³-hybridized carbons (Fsp3) is 0.500. The molecule has 1 aromatic heterocycles. The zero-order valence-electron chi connectivity index (χ0n) is 10.8. The van der Waals surface area contributed by atoms with Crippen molar-refractivity contribution in [3.8, 4) is 0 Å². The lowest BCUT2D eigenvalue weighted by atomic mass is 10.2. The van der Waals surface area contributed by atoms with Crippen molar-refractivity contribution in [2.24, 2.45) is 0 Å². The molecule has 0 saturated heterocycles. The minimum absolute atomic E-state index is 0.120. The molecule has 0 fully saturated rings. The van der Waals surface area contributed by atoms with Crippen molar-refractivity contribution in [2.45, 2.75) is 32.1 Å². The maximum absolute atomic E-state index is 12.5. The zero-order chi connectivity index (χ0) is 15.3. The minimum atomic E-state index is -4.57. The predicted molar refractivity (Wildman–Crippen MR) is 65.0 cm³/mol. The summed E-state index contributed by atoms with van der Waals surface area (Å²) in [5.41, 5.74) is -1.68. The molecule has 2 N–H and O–H groups in total. The predicted octanol–water partition coefficient (Wildman–Crippen LogP) is 0.754. The van der Waals surface area contributed by atoms with Gasteiger partial charge in [-0.2, -0.15) is 13.2 Å². The fourth-order valence-electron chi connectivity index (χ4n) is 1.56. The number of alkyl halides is 3. The van der Waals surface area contributed by atoms with Gasteiger partial charge >= 0.3 is 6.18 Å². The standard InChI is InChI=1S/C12H15F3N2O3/c1-8(4-5-18)16-10(19)7-17-6-9(12(13,14)15)2-3-11(17)20/h2-3,6,8,18H,4-5,7H2,1H3,(H,16,19). The quantitative estimate of drug-likeness (QED) is 0.841. The Morgan fingerprint density at radius 3 is 2.65 bits per heavy atom. The van der Waals surface area contributed by atoms with Gasteiger partial charge in [0.25, 0.3) is 5.56 Å². The van der Waals surface area contributed by atoms with Crippen LogP contribution in [0.3, 0.4) is 0 Å². The number of aliphatic hydroxyl groups excluding tert-OH is 1. The first-order valence-electron chi connectivity index (χ1n) is 5.92. The van der Waals surface area contributed by atoms with E-state index in [9.17, 15) is 22.8 Å². The molecule has 0 aliphatic carbocycles. The van der Waals surface area contributed by atoms with Gasteiger partial charge in [-0.05, 0) is 19.4 Å². The van der Waals surface area contributed by atoms with Crippen LogP contribution in [0.1, 0.15) is 18.9 Å². The molecule has 0 bridgehead atoms. The van der Waals surface area contributed by atoms with Crippen molar-refractivity contribution in [2.75, 3.05) is 6.61 Å². The van der Waals surface area contributed by atoms with Crippen LogP contribution in [0.5, 0.6) is 0 Å². The minimum Gasteiger partial charge on any atom is -0.396 e. The summed E-state index contributed by atoms with van der Waals surface area (Å²) < 4.78 is 38.2. The lowest BCUT2D eigenvalue weighted by Crippen LogP contribution is -2.37. The van der Waals surface area contributed by atoms with Gasteiger partial charge in [-0.1, -0.05) is 0 Å². The lowest BCUT2D eigenvalue weighted by Gasteiger charge is -2.14. The van der Waals surface area contributed by atoms with E-state index in [-0.39, 0.29) is 12.6 Å². The van der Waals surface area contributed by atoms with Crippen LogP contribution in [0.15, 0.2) is 23.1 Å². The molecule has 1 heterocycles. The third-order valence-electron chi connectivity index (χ3n) is 2.59. The molecule has 1 atom stereocenters. The van der Waals surface area contributed by atoms with Crippen molar-refractivity contribution in [3.05, 3.63) is 34.2 Å². The second kappa shape index (κ2) is 6.56. The average molecular weight is 292 g/mol. The van der Waals surface area contributed by atoms with E-state index in [0.717, 1.165) is 6.07 Å². The second-order valence-corrected chi connectivity index (χ2v) is 4.36. The molecule has 1 rings (SSSR count). The second-order valence-electron chi connectivity index (χ2n) is 4.36. The topological polar surface area (TPSA) is 71.3 Å². The van der Waals surface area contributed by atoms with Crippen LogP contribution in [0, 0.1) is 0 Å². The van der Waals surface area contributed by atoms with E-state index in [2.05, 4.69) is 5.32 Å².